The predicted molar refractivity (Wildman–Crippen MR) is 158 cm³/mol. The van der Waals surface area contributed by atoms with Crippen LogP contribution in [0.5, 0.6) is 11.5 Å². The van der Waals surface area contributed by atoms with E-state index in [1.54, 1.807) is 67.6 Å². The quantitative estimate of drug-likeness (QED) is 0.172. The summed E-state index contributed by atoms with van der Waals surface area (Å²) < 4.78 is 53.1. The highest BCUT2D eigenvalue weighted by molar-refractivity contribution is 6.32. The van der Waals surface area contributed by atoms with Crippen LogP contribution in [-0.4, -0.2) is 22.5 Å². The molecular formula is C32H22ClF3N4O3. The van der Waals surface area contributed by atoms with E-state index in [0.29, 0.717) is 28.0 Å². The number of para-hydroxylation sites is 1. The Morgan fingerprint density at radius 3 is 2.56 bits per heavy atom. The lowest BCUT2D eigenvalue weighted by Crippen LogP contribution is -2.20. The van der Waals surface area contributed by atoms with Crippen LogP contribution < -0.4 is 15.0 Å². The zero-order chi connectivity index (χ0) is 30.6. The summed E-state index contributed by atoms with van der Waals surface area (Å²) in [5.41, 5.74) is 0.474. The van der Waals surface area contributed by atoms with Gasteiger partial charge in [0.1, 0.15) is 6.61 Å². The molecule has 11 heteroatoms. The lowest BCUT2D eigenvalue weighted by atomic mass is 10.1. The largest absolute Gasteiger partial charge is 0.490 e. The molecule has 4 aromatic carbocycles. The second-order valence-corrected chi connectivity index (χ2v) is 9.62. The second-order valence-electron chi connectivity index (χ2n) is 9.21. The van der Waals surface area contributed by atoms with Gasteiger partial charge in [-0.3, -0.25) is 4.79 Å². The monoisotopic (exact) mass is 602 g/mol. The SMILES string of the molecule is CCOc1cc(C=Nn2c(-c3cccc(C(F)(F)F)c3)nc3ccccc3c2=O)cc(Cl)c1OCc1ccccc1C#N. The highest BCUT2D eigenvalue weighted by Gasteiger charge is 2.31. The van der Waals surface area contributed by atoms with Crippen molar-refractivity contribution in [3.63, 3.8) is 0 Å². The van der Waals surface area contributed by atoms with Gasteiger partial charge in [0.2, 0.25) is 0 Å². The molecule has 0 radical (unpaired) electrons. The van der Waals surface area contributed by atoms with E-state index >= 15 is 0 Å². The van der Waals surface area contributed by atoms with Crippen LogP contribution in [0.2, 0.25) is 5.02 Å². The molecule has 0 aliphatic heterocycles. The molecule has 0 bridgehead atoms. The molecule has 0 N–H and O–H groups in total. The standard InChI is InChI=1S/C32H22ClF3N4O3/c1-2-42-28-15-20(14-26(33)29(28)43-19-23-9-4-3-8-22(23)17-37)18-38-40-30(21-10-7-11-24(16-21)32(34,35)36)39-27-13-6-5-12-25(27)31(40)41/h3-16,18H,2,19H2,1H3. The first-order valence-corrected chi connectivity index (χ1v) is 13.4. The molecule has 0 fully saturated rings. The van der Waals surface area contributed by atoms with Gasteiger partial charge >= 0.3 is 6.18 Å². The molecule has 5 aromatic rings. The molecule has 0 amide bonds. The Bertz CT molecular complexity index is 1950. The topological polar surface area (TPSA) is 89.5 Å². The van der Waals surface area contributed by atoms with Crippen LogP contribution in [0, 0.1) is 11.3 Å². The third kappa shape index (κ3) is 6.37. The third-order valence-corrected chi connectivity index (χ3v) is 6.65. The minimum atomic E-state index is -4.59. The maximum Gasteiger partial charge on any atom is 0.416 e. The van der Waals surface area contributed by atoms with Gasteiger partial charge in [0.05, 0.1) is 45.9 Å². The van der Waals surface area contributed by atoms with Gasteiger partial charge in [0, 0.05) is 11.1 Å². The molecule has 0 spiro atoms. The first-order chi connectivity index (χ1) is 20.7. The van der Waals surface area contributed by atoms with Gasteiger partial charge < -0.3 is 9.47 Å². The maximum atomic E-state index is 13.5. The Morgan fingerprint density at radius 2 is 1.79 bits per heavy atom. The zero-order valence-electron chi connectivity index (χ0n) is 22.6. The van der Waals surface area contributed by atoms with Crippen molar-refractivity contribution < 1.29 is 22.6 Å². The summed E-state index contributed by atoms with van der Waals surface area (Å²) in [5, 5.41) is 14.1. The molecule has 43 heavy (non-hydrogen) atoms. The van der Waals surface area contributed by atoms with Crippen LogP contribution in [0.1, 0.15) is 29.2 Å². The van der Waals surface area contributed by atoms with Crippen LogP contribution in [0.15, 0.2) is 94.8 Å². The minimum Gasteiger partial charge on any atom is -0.490 e. The molecule has 0 aliphatic carbocycles. The highest BCUT2D eigenvalue weighted by atomic mass is 35.5. The smallest absolute Gasteiger partial charge is 0.416 e. The summed E-state index contributed by atoms with van der Waals surface area (Å²) in [7, 11) is 0. The van der Waals surface area contributed by atoms with E-state index in [0.717, 1.165) is 16.8 Å². The Balaban J connectivity index is 1.56. The van der Waals surface area contributed by atoms with E-state index in [9.17, 15) is 23.2 Å². The first kappa shape index (κ1) is 29.4. The van der Waals surface area contributed by atoms with Crippen molar-refractivity contribution in [2.45, 2.75) is 19.7 Å². The Kier molecular flexibility index (Phi) is 8.46. The number of alkyl halides is 3. The molecule has 0 saturated heterocycles. The fourth-order valence-electron chi connectivity index (χ4n) is 4.35. The van der Waals surface area contributed by atoms with Crippen molar-refractivity contribution in [2.75, 3.05) is 6.61 Å². The fraction of sp³-hybridized carbons (Fsp3) is 0.125. The van der Waals surface area contributed by atoms with Crippen LogP contribution in [-0.2, 0) is 12.8 Å². The number of hydrogen-bond donors (Lipinski definition) is 0. The van der Waals surface area contributed by atoms with Crippen LogP contribution >= 0.6 is 11.6 Å². The van der Waals surface area contributed by atoms with Crippen molar-refractivity contribution in [1.82, 2.24) is 9.66 Å². The van der Waals surface area contributed by atoms with Crippen molar-refractivity contribution >= 4 is 28.7 Å². The Hall–Kier alpha value is -5.14. The molecule has 0 unspecified atom stereocenters. The summed E-state index contributed by atoms with van der Waals surface area (Å²) in [4.78, 5) is 18.0. The first-order valence-electron chi connectivity index (χ1n) is 13.0. The number of nitrogens with zero attached hydrogens (tertiary/aromatic N) is 4. The van der Waals surface area contributed by atoms with Crippen molar-refractivity contribution in [2.24, 2.45) is 5.10 Å². The summed E-state index contributed by atoms with van der Waals surface area (Å²) >= 11 is 6.57. The number of benzene rings is 4. The average molecular weight is 603 g/mol. The zero-order valence-corrected chi connectivity index (χ0v) is 23.4. The molecular weight excluding hydrogens is 581 g/mol. The van der Waals surface area contributed by atoms with Gasteiger partial charge in [0.15, 0.2) is 17.3 Å². The predicted octanol–water partition coefficient (Wildman–Crippen LogP) is 7.47. The molecule has 0 saturated carbocycles. The highest BCUT2D eigenvalue weighted by Crippen LogP contribution is 2.37. The number of rotatable bonds is 8. The Labute approximate surface area is 249 Å². The van der Waals surface area contributed by atoms with Gasteiger partial charge in [-0.2, -0.15) is 28.2 Å². The molecule has 5 rings (SSSR count). The fourth-order valence-corrected chi connectivity index (χ4v) is 4.62. The molecule has 0 aliphatic rings. The lowest BCUT2D eigenvalue weighted by molar-refractivity contribution is -0.137. The van der Waals surface area contributed by atoms with E-state index < -0.39 is 17.3 Å². The summed E-state index contributed by atoms with van der Waals surface area (Å²) in [5.74, 6) is 0.480. The number of halogens is 4. The van der Waals surface area contributed by atoms with Gasteiger partial charge in [0.25, 0.3) is 5.56 Å². The number of ether oxygens (including phenoxy) is 2. The van der Waals surface area contributed by atoms with E-state index in [2.05, 4.69) is 16.2 Å². The van der Waals surface area contributed by atoms with Crippen molar-refractivity contribution in [1.29, 1.82) is 5.26 Å². The van der Waals surface area contributed by atoms with Gasteiger partial charge in [-0.25, -0.2) is 4.98 Å². The molecule has 1 heterocycles. The molecule has 1 aromatic heterocycles. The van der Waals surface area contributed by atoms with Gasteiger partial charge in [-0.05, 0) is 55.0 Å². The number of aromatic nitrogens is 2. The van der Waals surface area contributed by atoms with Crippen molar-refractivity contribution in [3.05, 3.63) is 123 Å². The van der Waals surface area contributed by atoms with Gasteiger partial charge in [-0.15, -0.1) is 0 Å². The summed E-state index contributed by atoms with van der Waals surface area (Å²) in [6.07, 6.45) is -3.26. The van der Waals surface area contributed by atoms with Crippen LogP contribution in [0.25, 0.3) is 22.3 Å². The van der Waals surface area contributed by atoms with E-state index in [1.165, 1.54) is 18.3 Å². The summed E-state index contributed by atoms with van der Waals surface area (Å²) in [6.45, 7) is 2.14. The number of fused-ring (bicyclic) bond motifs is 1. The molecule has 7 nitrogen and oxygen atoms in total. The molecule has 0 atom stereocenters. The molecule has 216 valence electrons. The van der Waals surface area contributed by atoms with E-state index in [4.69, 9.17) is 21.1 Å². The third-order valence-electron chi connectivity index (χ3n) is 6.37. The number of nitriles is 1. The second kappa shape index (κ2) is 12.4. The van der Waals surface area contributed by atoms with E-state index in [-0.39, 0.29) is 40.8 Å². The van der Waals surface area contributed by atoms with Crippen LogP contribution in [0.4, 0.5) is 13.2 Å². The van der Waals surface area contributed by atoms with Crippen molar-refractivity contribution in [3.8, 4) is 29.0 Å². The lowest BCUT2D eigenvalue weighted by Gasteiger charge is -2.15. The Morgan fingerprint density at radius 1 is 1.02 bits per heavy atom. The minimum absolute atomic E-state index is 0.0595. The number of hydrogen-bond acceptors (Lipinski definition) is 6. The van der Waals surface area contributed by atoms with Crippen LogP contribution in [0.3, 0.4) is 0 Å². The maximum absolute atomic E-state index is 13.5. The van der Waals surface area contributed by atoms with E-state index in [1.807, 2.05) is 0 Å². The average Bonchev–Trinajstić information content (AvgIpc) is 3.00. The summed E-state index contributed by atoms with van der Waals surface area (Å²) in [6, 6.07) is 23.3. The van der Waals surface area contributed by atoms with Gasteiger partial charge in [-0.1, -0.05) is 54.1 Å². The normalized spacial score (nSPS) is 11.5.